The van der Waals surface area contributed by atoms with E-state index in [1.54, 1.807) is 12.1 Å². The van der Waals surface area contributed by atoms with Gasteiger partial charge in [-0.3, -0.25) is 4.72 Å². The number of anilines is 1. The standard InChI is InChI=1S/C13H12F2N2O2S/c14-10-5-6-12(11(15)7-10)17-20(18,19)13-4-2-1-3-9(13)8-16/h1-7,17H,8,16H2. The molecule has 3 N–H and O–H groups in total. The second-order valence-electron chi connectivity index (χ2n) is 4.04. The number of hydrogen-bond donors (Lipinski definition) is 2. The smallest absolute Gasteiger partial charge is 0.262 e. The molecule has 0 bridgehead atoms. The lowest BCUT2D eigenvalue weighted by atomic mass is 10.2. The molecule has 0 fully saturated rings. The van der Waals surface area contributed by atoms with E-state index >= 15 is 0 Å². The average Bonchev–Trinajstić information content (AvgIpc) is 2.42. The zero-order chi connectivity index (χ0) is 14.8. The van der Waals surface area contributed by atoms with Gasteiger partial charge in [-0.2, -0.15) is 0 Å². The number of halogens is 2. The third-order valence-electron chi connectivity index (χ3n) is 2.66. The first-order chi connectivity index (χ1) is 9.44. The number of hydrogen-bond acceptors (Lipinski definition) is 3. The van der Waals surface area contributed by atoms with Crippen molar-refractivity contribution in [1.29, 1.82) is 0 Å². The van der Waals surface area contributed by atoms with Crippen molar-refractivity contribution >= 4 is 15.7 Å². The molecule has 2 aromatic rings. The van der Waals surface area contributed by atoms with Crippen LogP contribution < -0.4 is 10.5 Å². The van der Waals surface area contributed by atoms with E-state index in [1.807, 2.05) is 0 Å². The summed E-state index contributed by atoms with van der Waals surface area (Å²) in [4.78, 5) is -0.0359. The van der Waals surface area contributed by atoms with Crippen molar-refractivity contribution in [3.63, 3.8) is 0 Å². The third-order valence-corrected chi connectivity index (χ3v) is 4.12. The first-order valence-electron chi connectivity index (χ1n) is 5.70. The summed E-state index contributed by atoms with van der Waals surface area (Å²) in [5.74, 6) is -1.77. The van der Waals surface area contributed by atoms with Gasteiger partial charge in [0, 0.05) is 12.6 Å². The minimum atomic E-state index is -3.98. The maximum Gasteiger partial charge on any atom is 0.262 e. The van der Waals surface area contributed by atoms with Gasteiger partial charge in [-0.05, 0) is 23.8 Å². The van der Waals surface area contributed by atoms with Crippen molar-refractivity contribution in [3.8, 4) is 0 Å². The second-order valence-corrected chi connectivity index (χ2v) is 5.69. The SMILES string of the molecule is NCc1ccccc1S(=O)(=O)Nc1ccc(F)cc1F. The summed E-state index contributed by atoms with van der Waals surface area (Å²) in [5, 5.41) is 0. The highest BCUT2D eigenvalue weighted by atomic mass is 32.2. The second kappa shape index (κ2) is 5.56. The summed E-state index contributed by atoms with van der Waals surface area (Å²) in [7, 11) is -3.98. The highest BCUT2D eigenvalue weighted by Gasteiger charge is 2.19. The molecule has 4 nitrogen and oxygen atoms in total. The van der Waals surface area contributed by atoms with E-state index in [4.69, 9.17) is 5.73 Å². The van der Waals surface area contributed by atoms with Crippen LogP contribution in [-0.2, 0) is 16.6 Å². The molecule has 0 amide bonds. The summed E-state index contributed by atoms with van der Waals surface area (Å²) in [5.41, 5.74) is 5.56. The lowest BCUT2D eigenvalue weighted by Gasteiger charge is -2.11. The van der Waals surface area contributed by atoms with E-state index in [0.29, 0.717) is 11.6 Å². The molecule has 2 rings (SSSR count). The fourth-order valence-corrected chi connectivity index (χ4v) is 3.03. The zero-order valence-electron chi connectivity index (χ0n) is 10.3. The van der Waals surface area contributed by atoms with Gasteiger partial charge in [-0.1, -0.05) is 18.2 Å². The van der Waals surface area contributed by atoms with Gasteiger partial charge in [0.15, 0.2) is 0 Å². The first-order valence-corrected chi connectivity index (χ1v) is 7.18. The predicted octanol–water partition coefficient (Wildman–Crippen LogP) is 2.22. The Morgan fingerprint density at radius 2 is 1.80 bits per heavy atom. The van der Waals surface area contributed by atoms with Gasteiger partial charge in [0.2, 0.25) is 0 Å². The molecule has 0 aliphatic carbocycles. The van der Waals surface area contributed by atoms with Gasteiger partial charge in [0.05, 0.1) is 10.6 Å². The Morgan fingerprint density at radius 3 is 2.45 bits per heavy atom. The molecule has 0 unspecified atom stereocenters. The number of rotatable bonds is 4. The quantitative estimate of drug-likeness (QED) is 0.909. The topological polar surface area (TPSA) is 72.2 Å². The molecule has 0 aliphatic heterocycles. The number of sulfonamides is 1. The molecule has 0 atom stereocenters. The summed E-state index contributed by atoms with van der Waals surface area (Å²) < 4.78 is 52.7. The largest absolute Gasteiger partial charge is 0.326 e. The molecule has 7 heteroatoms. The molecule has 2 aromatic carbocycles. The van der Waals surface area contributed by atoms with Crippen LogP contribution in [0.1, 0.15) is 5.56 Å². The van der Waals surface area contributed by atoms with Crippen LogP contribution in [0, 0.1) is 11.6 Å². The number of nitrogens with one attached hydrogen (secondary N) is 1. The molecule has 0 saturated carbocycles. The minimum absolute atomic E-state index is 0.0307. The van der Waals surface area contributed by atoms with E-state index in [2.05, 4.69) is 4.72 Å². The molecule has 20 heavy (non-hydrogen) atoms. The Morgan fingerprint density at radius 1 is 1.10 bits per heavy atom. The van der Waals surface area contributed by atoms with E-state index in [9.17, 15) is 17.2 Å². The van der Waals surface area contributed by atoms with Gasteiger partial charge in [0.1, 0.15) is 11.6 Å². The normalized spacial score (nSPS) is 11.3. The minimum Gasteiger partial charge on any atom is -0.326 e. The van der Waals surface area contributed by atoms with Crippen LogP contribution in [0.25, 0.3) is 0 Å². The molecule has 106 valence electrons. The van der Waals surface area contributed by atoms with Gasteiger partial charge >= 0.3 is 0 Å². The van der Waals surface area contributed by atoms with E-state index in [0.717, 1.165) is 12.1 Å². The van der Waals surface area contributed by atoms with Crippen molar-refractivity contribution in [3.05, 3.63) is 59.7 Å². The molecule has 0 spiro atoms. The molecule has 0 saturated heterocycles. The molecular formula is C13H12F2N2O2S. The van der Waals surface area contributed by atoms with Gasteiger partial charge in [0.25, 0.3) is 10.0 Å². The lowest BCUT2D eigenvalue weighted by Crippen LogP contribution is -2.17. The van der Waals surface area contributed by atoms with E-state index in [-0.39, 0.29) is 17.1 Å². The molecule has 0 radical (unpaired) electrons. The van der Waals surface area contributed by atoms with Crippen LogP contribution in [0.2, 0.25) is 0 Å². The van der Waals surface area contributed by atoms with Gasteiger partial charge in [-0.25, -0.2) is 17.2 Å². The van der Waals surface area contributed by atoms with Crippen molar-refractivity contribution in [2.24, 2.45) is 5.73 Å². The summed E-state index contributed by atoms with van der Waals surface area (Å²) in [6.45, 7) is 0.0307. The van der Waals surface area contributed by atoms with Crippen molar-refractivity contribution in [2.75, 3.05) is 4.72 Å². The Balaban J connectivity index is 2.41. The Kier molecular flexibility index (Phi) is 4.01. The Labute approximate surface area is 115 Å². The Bertz CT molecular complexity index is 733. The fraction of sp³-hybridized carbons (Fsp3) is 0.0769. The van der Waals surface area contributed by atoms with Crippen LogP contribution in [0.4, 0.5) is 14.5 Å². The summed E-state index contributed by atoms with van der Waals surface area (Å²) in [6, 6.07) is 8.71. The average molecular weight is 298 g/mol. The van der Waals surface area contributed by atoms with Crippen LogP contribution >= 0.6 is 0 Å². The molecule has 0 aromatic heterocycles. The van der Waals surface area contributed by atoms with Gasteiger partial charge < -0.3 is 5.73 Å². The number of benzene rings is 2. The van der Waals surface area contributed by atoms with Gasteiger partial charge in [-0.15, -0.1) is 0 Å². The van der Waals surface area contributed by atoms with E-state index < -0.39 is 21.7 Å². The first kappa shape index (κ1) is 14.4. The Hall–Kier alpha value is -1.99. The van der Waals surface area contributed by atoms with Crippen LogP contribution in [-0.4, -0.2) is 8.42 Å². The fourth-order valence-electron chi connectivity index (χ4n) is 1.71. The summed E-state index contributed by atoms with van der Waals surface area (Å²) in [6.07, 6.45) is 0. The maximum absolute atomic E-state index is 13.5. The highest BCUT2D eigenvalue weighted by Crippen LogP contribution is 2.22. The van der Waals surface area contributed by atoms with Crippen LogP contribution in [0.15, 0.2) is 47.4 Å². The van der Waals surface area contributed by atoms with Crippen LogP contribution in [0.5, 0.6) is 0 Å². The monoisotopic (exact) mass is 298 g/mol. The lowest BCUT2D eigenvalue weighted by molar-refractivity contribution is 0.582. The number of nitrogens with two attached hydrogens (primary N) is 1. The van der Waals surface area contributed by atoms with Crippen molar-refractivity contribution < 1.29 is 17.2 Å². The van der Waals surface area contributed by atoms with Crippen molar-refractivity contribution in [1.82, 2.24) is 0 Å². The van der Waals surface area contributed by atoms with Crippen LogP contribution in [0.3, 0.4) is 0 Å². The molecular weight excluding hydrogens is 286 g/mol. The summed E-state index contributed by atoms with van der Waals surface area (Å²) >= 11 is 0. The highest BCUT2D eigenvalue weighted by molar-refractivity contribution is 7.92. The van der Waals surface area contributed by atoms with E-state index in [1.165, 1.54) is 12.1 Å². The third kappa shape index (κ3) is 2.94. The zero-order valence-corrected chi connectivity index (χ0v) is 11.1. The van der Waals surface area contributed by atoms with Crippen molar-refractivity contribution in [2.45, 2.75) is 11.4 Å². The predicted molar refractivity (Wildman–Crippen MR) is 71.5 cm³/mol. The maximum atomic E-state index is 13.5. The molecule has 0 aliphatic rings. The molecule has 0 heterocycles.